The van der Waals surface area contributed by atoms with Crippen LogP contribution in [-0.4, -0.2) is 73.6 Å². The molecule has 0 spiro atoms. The molecule has 11 nitrogen and oxygen atoms in total. The van der Waals surface area contributed by atoms with E-state index in [1.165, 1.54) is 12.0 Å². The summed E-state index contributed by atoms with van der Waals surface area (Å²) in [7, 11) is -1.02. The Labute approximate surface area is 217 Å². The van der Waals surface area contributed by atoms with E-state index in [0.717, 1.165) is 37.8 Å². The summed E-state index contributed by atoms with van der Waals surface area (Å²) >= 11 is 0. The van der Waals surface area contributed by atoms with Gasteiger partial charge in [0.2, 0.25) is 15.9 Å². The summed E-state index contributed by atoms with van der Waals surface area (Å²) in [6, 6.07) is 4.06. The highest BCUT2D eigenvalue weighted by molar-refractivity contribution is 7.88. The molecule has 0 aliphatic carbocycles. The Balaban J connectivity index is 1.84. The molecule has 1 aromatic carbocycles. The molecule has 12 heteroatoms. The van der Waals surface area contributed by atoms with Crippen LogP contribution in [-0.2, 0) is 31.5 Å². The quantitative estimate of drug-likeness (QED) is 0.521. The molecule has 0 amide bonds. The van der Waals surface area contributed by atoms with Crippen molar-refractivity contribution in [2.45, 2.75) is 57.3 Å². The van der Waals surface area contributed by atoms with E-state index in [1.54, 1.807) is 19.3 Å². The highest BCUT2D eigenvalue weighted by atomic mass is 32.2. The predicted octanol–water partition coefficient (Wildman–Crippen LogP) is 2.63. The molecule has 2 N–H and O–H groups in total. The molecule has 0 bridgehead atoms. The lowest BCUT2D eigenvalue weighted by molar-refractivity contribution is -0.164. The van der Waals surface area contributed by atoms with Gasteiger partial charge >= 0.3 is 5.97 Å². The zero-order valence-corrected chi connectivity index (χ0v) is 22.9. The second-order valence-corrected chi connectivity index (χ2v) is 12.4. The number of carboxylic acid groups (broad SMARTS) is 1. The first-order chi connectivity index (χ1) is 17.3. The zero-order valence-electron chi connectivity index (χ0n) is 22.1. The summed E-state index contributed by atoms with van der Waals surface area (Å²) in [5.74, 6) is -0.0576. The average molecular weight is 534 g/mol. The summed E-state index contributed by atoms with van der Waals surface area (Å²) in [5, 5.41) is 10.3. The minimum Gasteiger partial charge on any atom is -0.478 e. The fraction of sp³-hybridized carbons (Fsp3) is 0.560. The van der Waals surface area contributed by atoms with Crippen LogP contribution >= 0.6 is 0 Å². The maximum absolute atomic E-state index is 12.6. The van der Waals surface area contributed by atoms with E-state index >= 15 is 0 Å². The Bertz CT molecular complexity index is 1290. The number of hydrogen-bond acceptors (Lipinski definition) is 9. The van der Waals surface area contributed by atoms with Crippen LogP contribution in [0.1, 0.15) is 56.6 Å². The summed E-state index contributed by atoms with van der Waals surface area (Å²) in [6.45, 7) is 8.65. The highest BCUT2D eigenvalue weighted by Gasteiger charge is 2.59. The normalized spacial score (nSPS) is 22.3. The molecular formula is C25H35N5O6S. The molecule has 2 unspecified atom stereocenters. The maximum Gasteiger partial charge on any atom is 0.359 e. The number of likely N-dealkylation sites (N-methyl/N-ethyl adjacent to an activating group) is 1. The van der Waals surface area contributed by atoms with Crippen LogP contribution in [0.15, 0.2) is 24.4 Å². The number of anilines is 1. The zero-order chi connectivity index (χ0) is 27.2. The lowest BCUT2D eigenvalue weighted by Crippen LogP contribution is -2.59. The van der Waals surface area contributed by atoms with Crippen molar-refractivity contribution in [2.75, 3.05) is 38.4 Å². The van der Waals surface area contributed by atoms with E-state index < -0.39 is 27.8 Å². The van der Waals surface area contributed by atoms with Gasteiger partial charge in [-0.15, -0.1) is 0 Å². The number of carboxylic acids is 1. The molecule has 2 atom stereocenters. The van der Waals surface area contributed by atoms with Gasteiger partial charge in [-0.25, -0.2) is 22.9 Å². The summed E-state index contributed by atoms with van der Waals surface area (Å²) in [5.41, 5.74) is -0.718. The number of nitrogens with zero attached hydrogens (tertiary/aromatic N) is 4. The van der Waals surface area contributed by atoms with Gasteiger partial charge in [-0.1, -0.05) is 26.8 Å². The van der Waals surface area contributed by atoms with E-state index in [2.05, 4.69) is 19.6 Å². The number of fused-ring (bicyclic) bond motifs is 1. The SMILES string of the molecule is COC1(C(=O)O)C(NS(C)(=O)=O)c2cc(C(C)(C)C)cc(Oc3ccnc(CN4CCCC4)n3)c2N1C. The number of benzene rings is 1. The van der Waals surface area contributed by atoms with E-state index in [9.17, 15) is 18.3 Å². The Kier molecular flexibility index (Phi) is 7.23. The minimum absolute atomic E-state index is 0.309. The van der Waals surface area contributed by atoms with Gasteiger partial charge < -0.3 is 19.5 Å². The fourth-order valence-corrected chi connectivity index (χ4v) is 5.74. The summed E-state index contributed by atoms with van der Waals surface area (Å²) in [4.78, 5) is 25.3. The van der Waals surface area contributed by atoms with Crippen LogP contribution in [0, 0.1) is 0 Å². The second kappa shape index (κ2) is 9.82. The molecular weight excluding hydrogens is 498 g/mol. The summed E-state index contributed by atoms with van der Waals surface area (Å²) in [6.07, 6.45) is 4.93. The molecule has 2 aromatic rings. The number of rotatable bonds is 8. The molecule has 37 heavy (non-hydrogen) atoms. The van der Waals surface area contributed by atoms with Gasteiger partial charge in [0, 0.05) is 32.0 Å². The highest BCUT2D eigenvalue weighted by Crippen LogP contribution is 2.53. The summed E-state index contributed by atoms with van der Waals surface area (Å²) < 4.78 is 39.0. The van der Waals surface area contributed by atoms with Crippen molar-refractivity contribution in [3.8, 4) is 11.6 Å². The van der Waals surface area contributed by atoms with Gasteiger partial charge in [-0.3, -0.25) is 4.90 Å². The minimum atomic E-state index is -3.81. The molecule has 2 aliphatic heterocycles. The monoisotopic (exact) mass is 533 g/mol. The second-order valence-electron chi connectivity index (χ2n) is 10.6. The van der Waals surface area contributed by atoms with Crippen LogP contribution in [0.2, 0.25) is 0 Å². The van der Waals surface area contributed by atoms with Gasteiger partial charge in [0.05, 0.1) is 18.5 Å². The third-order valence-electron chi connectivity index (χ3n) is 6.91. The van der Waals surface area contributed by atoms with Crippen LogP contribution < -0.4 is 14.4 Å². The van der Waals surface area contributed by atoms with Crippen LogP contribution in [0.25, 0.3) is 0 Å². The number of hydrogen-bond donors (Lipinski definition) is 2. The van der Waals surface area contributed by atoms with Crippen LogP contribution in [0.4, 0.5) is 5.69 Å². The molecule has 202 valence electrons. The van der Waals surface area contributed by atoms with E-state index in [0.29, 0.717) is 35.2 Å². The van der Waals surface area contributed by atoms with Crippen molar-refractivity contribution in [3.63, 3.8) is 0 Å². The van der Waals surface area contributed by atoms with E-state index in [4.69, 9.17) is 9.47 Å². The Morgan fingerprint density at radius 1 is 1.27 bits per heavy atom. The number of methoxy groups -OCH3 is 1. The number of carbonyl (C=O) groups is 1. The Morgan fingerprint density at radius 3 is 2.51 bits per heavy atom. The molecule has 1 fully saturated rings. The van der Waals surface area contributed by atoms with Crippen LogP contribution in [0.3, 0.4) is 0 Å². The Hall–Kier alpha value is -2.80. The van der Waals surface area contributed by atoms with Crippen molar-refractivity contribution in [3.05, 3.63) is 41.3 Å². The van der Waals surface area contributed by atoms with Crippen molar-refractivity contribution in [1.29, 1.82) is 0 Å². The molecule has 1 saturated heterocycles. The first-order valence-corrected chi connectivity index (χ1v) is 14.1. The average Bonchev–Trinajstić information content (AvgIpc) is 3.37. The molecule has 3 heterocycles. The fourth-order valence-electron chi connectivity index (χ4n) is 5.02. The van der Waals surface area contributed by atoms with Crippen molar-refractivity contribution in [2.24, 2.45) is 0 Å². The van der Waals surface area contributed by atoms with Crippen molar-refractivity contribution >= 4 is 21.7 Å². The van der Waals surface area contributed by atoms with Gasteiger partial charge in [-0.2, -0.15) is 4.98 Å². The lowest BCUT2D eigenvalue weighted by atomic mass is 9.84. The number of ether oxygens (including phenoxy) is 2. The van der Waals surface area contributed by atoms with Gasteiger partial charge in [-0.05, 0) is 43.0 Å². The number of likely N-dealkylation sites (tertiary alicyclic amines) is 1. The topological polar surface area (TPSA) is 134 Å². The standard InChI is InChI=1S/C25H35N5O6S/c1-24(2,3)16-13-17-21(29(4)25(35-5,23(31)32)22(17)28-37(6,33)34)18(14-16)36-20-9-10-26-19(27-20)15-30-11-7-8-12-30/h9-10,13-14,22,28H,7-8,11-12,15H2,1-6H3,(H,31,32). The van der Waals surface area contributed by atoms with Crippen molar-refractivity contribution < 1.29 is 27.8 Å². The molecule has 2 aliphatic rings. The molecule has 4 rings (SSSR count). The van der Waals surface area contributed by atoms with Gasteiger partial charge in [0.25, 0.3) is 5.72 Å². The first kappa shape index (κ1) is 27.2. The van der Waals surface area contributed by atoms with Gasteiger partial charge in [0.15, 0.2) is 5.75 Å². The predicted molar refractivity (Wildman–Crippen MR) is 138 cm³/mol. The molecule has 0 saturated carbocycles. The van der Waals surface area contributed by atoms with Crippen LogP contribution in [0.5, 0.6) is 11.6 Å². The maximum atomic E-state index is 12.6. The van der Waals surface area contributed by atoms with Gasteiger partial charge in [0.1, 0.15) is 11.9 Å². The largest absolute Gasteiger partial charge is 0.478 e. The molecule has 0 radical (unpaired) electrons. The number of aliphatic carboxylic acids is 1. The number of nitrogens with one attached hydrogen (secondary N) is 1. The third-order valence-corrected chi connectivity index (χ3v) is 7.58. The van der Waals surface area contributed by atoms with Crippen molar-refractivity contribution in [1.82, 2.24) is 19.6 Å². The van der Waals surface area contributed by atoms with E-state index in [1.807, 2.05) is 32.9 Å². The third kappa shape index (κ3) is 5.28. The number of sulfonamides is 1. The first-order valence-electron chi connectivity index (χ1n) is 12.2. The number of aromatic nitrogens is 2. The van der Waals surface area contributed by atoms with E-state index in [-0.39, 0.29) is 5.41 Å². The molecule has 1 aromatic heterocycles. The lowest BCUT2D eigenvalue weighted by Gasteiger charge is -2.36. The smallest absolute Gasteiger partial charge is 0.359 e. The Morgan fingerprint density at radius 2 is 1.95 bits per heavy atom.